The van der Waals surface area contributed by atoms with Gasteiger partial charge in [0.25, 0.3) is 10.0 Å². The van der Waals surface area contributed by atoms with Crippen molar-refractivity contribution in [3.05, 3.63) is 89.5 Å². The number of hydrogen-bond donors (Lipinski definition) is 0. The minimum atomic E-state index is -4.06. The second-order valence-corrected chi connectivity index (χ2v) is 9.18. The fourth-order valence-corrected chi connectivity index (χ4v) is 5.28. The molecule has 0 spiro atoms. The summed E-state index contributed by atoms with van der Waals surface area (Å²) in [5, 5.41) is 0. The van der Waals surface area contributed by atoms with E-state index >= 15 is 0 Å². The van der Waals surface area contributed by atoms with Crippen LogP contribution in [0.1, 0.15) is 21.5 Å². The van der Waals surface area contributed by atoms with Crippen LogP contribution >= 0.6 is 0 Å². The summed E-state index contributed by atoms with van der Waals surface area (Å²) in [5.74, 6) is -0.0754. The van der Waals surface area contributed by atoms with Gasteiger partial charge in [0.05, 0.1) is 38.6 Å². The average molecular weight is 467 g/mol. The van der Waals surface area contributed by atoms with E-state index in [4.69, 9.17) is 9.47 Å². The first-order valence-electron chi connectivity index (χ1n) is 10.1. The van der Waals surface area contributed by atoms with Gasteiger partial charge < -0.3 is 9.47 Å². The molecule has 0 aromatic heterocycles. The van der Waals surface area contributed by atoms with Crippen LogP contribution < -0.4 is 9.64 Å². The Morgan fingerprint density at radius 1 is 0.909 bits per heavy atom. The molecule has 2 amide bonds. The average Bonchev–Trinajstić information content (AvgIpc) is 2.84. The summed E-state index contributed by atoms with van der Waals surface area (Å²) in [6, 6.07) is 19.3. The number of carbonyl (C=O) groups excluding carboxylic acids is 2. The van der Waals surface area contributed by atoms with Gasteiger partial charge in [0, 0.05) is 5.56 Å². The van der Waals surface area contributed by atoms with Crippen LogP contribution in [0.5, 0.6) is 5.75 Å². The van der Waals surface area contributed by atoms with E-state index in [-0.39, 0.29) is 23.7 Å². The number of rotatable bonds is 6. The minimum Gasteiger partial charge on any atom is -0.496 e. The van der Waals surface area contributed by atoms with Gasteiger partial charge in [-0.25, -0.2) is 22.3 Å². The van der Waals surface area contributed by atoms with Crippen LogP contribution in [0.25, 0.3) is 0 Å². The van der Waals surface area contributed by atoms with Gasteiger partial charge in [-0.05, 0) is 35.9 Å². The van der Waals surface area contributed by atoms with Gasteiger partial charge in [0.1, 0.15) is 10.6 Å². The first kappa shape index (κ1) is 22.3. The molecule has 8 nitrogen and oxygen atoms in total. The number of carbonyl (C=O) groups is 2. The molecule has 0 fully saturated rings. The Labute approximate surface area is 192 Å². The van der Waals surface area contributed by atoms with Crippen molar-refractivity contribution in [3.63, 3.8) is 0 Å². The smallest absolute Gasteiger partial charge is 0.339 e. The predicted molar refractivity (Wildman–Crippen MR) is 122 cm³/mol. The number of nitrogens with zero attached hydrogens (tertiary/aromatic N) is 2. The fraction of sp³-hybridized carbons (Fsp3) is 0.167. The second-order valence-electron chi connectivity index (χ2n) is 7.35. The van der Waals surface area contributed by atoms with E-state index in [1.54, 1.807) is 60.7 Å². The molecule has 0 saturated carbocycles. The molecule has 0 radical (unpaired) electrons. The van der Waals surface area contributed by atoms with Crippen LogP contribution in [0.15, 0.2) is 77.7 Å². The highest BCUT2D eigenvalue weighted by atomic mass is 32.2. The number of para-hydroxylation sites is 1. The van der Waals surface area contributed by atoms with Gasteiger partial charge in [0.2, 0.25) is 0 Å². The van der Waals surface area contributed by atoms with Crippen molar-refractivity contribution < 1.29 is 27.5 Å². The van der Waals surface area contributed by atoms with E-state index < -0.39 is 22.0 Å². The first-order chi connectivity index (χ1) is 15.9. The van der Waals surface area contributed by atoms with Crippen LogP contribution in [0.3, 0.4) is 0 Å². The predicted octanol–water partition coefficient (Wildman–Crippen LogP) is 3.81. The Bertz CT molecular complexity index is 1310. The van der Waals surface area contributed by atoms with Crippen LogP contribution in [-0.2, 0) is 27.8 Å². The molecule has 1 heterocycles. The number of anilines is 1. The Balaban J connectivity index is 1.80. The Hall–Kier alpha value is -3.85. The Morgan fingerprint density at radius 2 is 1.61 bits per heavy atom. The molecule has 0 bridgehead atoms. The number of sulfonamides is 1. The van der Waals surface area contributed by atoms with Crippen LogP contribution in [-0.4, -0.2) is 38.9 Å². The molecule has 0 saturated heterocycles. The number of hydrogen-bond acceptors (Lipinski definition) is 6. The van der Waals surface area contributed by atoms with E-state index in [2.05, 4.69) is 0 Å². The molecule has 9 heteroatoms. The molecule has 170 valence electrons. The zero-order valence-electron chi connectivity index (χ0n) is 18.1. The summed E-state index contributed by atoms with van der Waals surface area (Å²) in [6.45, 7) is -0.114. The van der Waals surface area contributed by atoms with Crippen molar-refractivity contribution in [2.24, 2.45) is 0 Å². The van der Waals surface area contributed by atoms with Crippen LogP contribution in [0, 0.1) is 0 Å². The third-order valence-electron chi connectivity index (χ3n) is 5.37. The number of urea groups is 1. The standard InChI is InChI=1S/C24H22N2O6S/c1-31-21-13-12-18(23(27)32-2)14-19(21)16-25-20-10-6-7-11-22(20)33(29,30)26(24(25)28)15-17-8-4-3-5-9-17/h3-14H,15-16H2,1-2H3. The zero-order valence-corrected chi connectivity index (χ0v) is 18.9. The van der Waals surface area contributed by atoms with Crippen molar-refractivity contribution in [2.45, 2.75) is 18.0 Å². The lowest BCUT2D eigenvalue weighted by atomic mass is 10.1. The van der Waals surface area contributed by atoms with E-state index in [0.717, 1.165) is 4.31 Å². The van der Waals surface area contributed by atoms with Gasteiger partial charge in [-0.1, -0.05) is 42.5 Å². The monoisotopic (exact) mass is 466 g/mol. The summed E-state index contributed by atoms with van der Waals surface area (Å²) in [4.78, 5) is 27.0. The van der Waals surface area contributed by atoms with E-state index in [9.17, 15) is 18.0 Å². The van der Waals surface area contributed by atoms with Gasteiger partial charge >= 0.3 is 12.0 Å². The number of esters is 1. The molecule has 0 atom stereocenters. The Kier molecular flexibility index (Phi) is 6.06. The number of ether oxygens (including phenoxy) is 2. The lowest BCUT2D eigenvalue weighted by molar-refractivity contribution is 0.0600. The highest BCUT2D eigenvalue weighted by molar-refractivity contribution is 7.90. The van der Waals surface area contributed by atoms with Gasteiger partial charge in [-0.15, -0.1) is 0 Å². The lowest BCUT2D eigenvalue weighted by Gasteiger charge is -2.36. The van der Waals surface area contributed by atoms with Crippen molar-refractivity contribution in [2.75, 3.05) is 19.1 Å². The van der Waals surface area contributed by atoms with Crippen LogP contribution in [0.4, 0.5) is 10.5 Å². The topological polar surface area (TPSA) is 93.2 Å². The molecule has 0 aliphatic carbocycles. The quantitative estimate of drug-likeness (QED) is 0.513. The summed E-state index contributed by atoms with van der Waals surface area (Å²) >= 11 is 0. The molecule has 3 aromatic rings. The maximum Gasteiger partial charge on any atom is 0.339 e. The molecule has 3 aromatic carbocycles. The van der Waals surface area contributed by atoms with Crippen molar-refractivity contribution in [1.29, 1.82) is 0 Å². The summed E-state index contributed by atoms with van der Waals surface area (Å²) in [5.41, 5.74) is 1.76. The third-order valence-corrected chi connectivity index (χ3v) is 7.13. The molecule has 33 heavy (non-hydrogen) atoms. The SMILES string of the molecule is COC(=O)c1ccc(OC)c(CN2C(=O)N(Cc3ccccc3)S(=O)(=O)c3ccccc32)c1. The number of methoxy groups -OCH3 is 2. The maximum atomic E-state index is 13.5. The molecular weight excluding hydrogens is 444 g/mol. The third kappa shape index (κ3) is 4.14. The van der Waals surface area contributed by atoms with E-state index in [1.165, 1.54) is 25.2 Å². The molecule has 0 N–H and O–H groups in total. The number of benzene rings is 3. The molecular formula is C24H22N2O6S. The lowest BCUT2D eigenvalue weighted by Crippen LogP contribution is -2.50. The van der Waals surface area contributed by atoms with Crippen molar-refractivity contribution >= 4 is 27.7 Å². The minimum absolute atomic E-state index is 0.00926. The van der Waals surface area contributed by atoms with Gasteiger partial charge in [-0.3, -0.25) is 4.90 Å². The van der Waals surface area contributed by atoms with E-state index in [0.29, 0.717) is 22.4 Å². The molecule has 4 rings (SSSR count). The first-order valence-corrected chi connectivity index (χ1v) is 11.5. The largest absolute Gasteiger partial charge is 0.496 e. The molecule has 1 aliphatic heterocycles. The number of amides is 2. The summed E-state index contributed by atoms with van der Waals surface area (Å²) in [7, 11) is -1.30. The van der Waals surface area contributed by atoms with Crippen LogP contribution in [0.2, 0.25) is 0 Å². The molecule has 0 unspecified atom stereocenters. The maximum absolute atomic E-state index is 13.5. The second kappa shape index (κ2) is 8.95. The van der Waals surface area contributed by atoms with E-state index in [1.807, 2.05) is 6.07 Å². The fourth-order valence-electron chi connectivity index (χ4n) is 3.73. The summed E-state index contributed by atoms with van der Waals surface area (Å²) in [6.07, 6.45) is 0. The van der Waals surface area contributed by atoms with Gasteiger partial charge in [0.15, 0.2) is 0 Å². The number of fused-ring (bicyclic) bond motifs is 1. The normalized spacial score (nSPS) is 14.5. The highest BCUT2D eigenvalue weighted by Gasteiger charge is 2.41. The van der Waals surface area contributed by atoms with Crippen molar-refractivity contribution in [3.8, 4) is 5.75 Å². The van der Waals surface area contributed by atoms with Crippen molar-refractivity contribution in [1.82, 2.24) is 4.31 Å². The Morgan fingerprint density at radius 3 is 2.30 bits per heavy atom. The summed E-state index contributed by atoms with van der Waals surface area (Å²) < 4.78 is 37.7. The molecule has 1 aliphatic rings. The zero-order chi connectivity index (χ0) is 23.6. The van der Waals surface area contributed by atoms with Gasteiger partial charge in [-0.2, -0.15) is 0 Å². The highest BCUT2D eigenvalue weighted by Crippen LogP contribution is 2.37.